The molecule has 0 saturated heterocycles. The summed E-state index contributed by atoms with van der Waals surface area (Å²) in [6.07, 6.45) is 1.97. The molecule has 1 aliphatic carbocycles. The zero-order valence-corrected chi connectivity index (χ0v) is 11.5. The van der Waals surface area contributed by atoms with Crippen molar-refractivity contribution in [2.24, 2.45) is 5.92 Å². The molecule has 0 spiro atoms. The molecule has 1 fully saturated rings. The molecule has 2 aromatic carbocycles. The van der Waals surface area contributed by atoms with Crippen molar-refractivity contribution in [1.82, 2.24) is 0 Å². The summed E-state index contributed by atoms with van der Waals surface area (Å²) < 4.78 is 5.70. The number of hydrogen-bond donors (Lipinski definition) is 2. The second kappa shape index (κ2) is 5.87. The topological polar surface area (TPSA) is 58.6 Å². The van der Waals surface area contributed by atoms with E-state index < -0.39 is 12.0 Å². The molecule has 3 rings (SSSR count). The number of anilines is 1. The van der Waals surface area contributed by atoms with Gasteiger partial charge >= 0.3 is 5.97 Å². The SMILES string of the molecule is O=C(O)C(Nc1ccc(Oc2ccccc2)cc1)C1CC1. The molecule has 0 aromatic heterocycles. The molecule has 2 aromatic rings. The Balaban J connectivity index is 1.65. The highest BCUT2D eigenvalue weighted by atomic mass is 16.5. The van der Waals surface area contributed by atoms with Gasteiger partial charge in [0.25, 0.3) is 0 Å². The summed E-state index contributed by atoms with van der Waals surface area (Å²) in [6, 6.07) is 16.4. The van der Waals surface area contributed by atoms with Gasteiger partial charge in [0.15, 0.2) is 0 Å². The predicted molar refractivity (Wildman–Crippen MR) is 80.7 cm³/mol. The lowest BCUT2D eigenvalue weighted by atomic mass is 10.1. The van der Waals surface area contributed by atoms with Crippen molar-refractivity contribution < 1.29 is 14.6 Å². The molecule has 1 unspecified atom stereocenters. The van der Waals surface area contributed by atoms with Gasteiger partial charge in [-0.3, -0.25) is 0 Å². The van der Waals surface area contributed by atoms with Crippen LogP contribution in [0.15, 0.2) is 54.6 Å². The van der Waals surface area contributed by atoms with E-state index >= 15 is 0 Å². The monoisotopic (exact) mass is 283 g/mol. The number of nitrogens with one attached hydrogen (secondary N) is 1. The number of rotatable bonds is 6. The van der Waals surface area contributed by atoms with Crippen LogP contribution in [0.25, 0.3) is 0 Å². The van der Waals surface area contributed by atoms with Gasteiger partial charge in [-0.05, 0) is 55.2 Å². The first-order chi connectivity index (χ1) is 10.2. The molecule has 0 amide bonds. The van der Waals surface area contributed by atoms with E-state index in [2.05, 4.69) is 5.32 Å². The number of aliphatic carboxylic acids is 1. The van der Waals surface area contributed by atoms with Gasteiger partial charge in [0.2, 0.25) is 0 Å². The van der Waals surface area contributed by atoms with Crippen LogP contribution >= 0.6 is 0 Å². The first-order valence-electron chi connectivity index (χ1n) is 7.05. The maximum absolute atomic E-state index is 11.2. The predicted octanol–water partition coefficient (Wildman–Crippen LogP) is 3.75. The van der Waals surface area contributed by atoms with Gasteiger partial charge in [-0.1, -0.05) is 18.2 Å². The van der Waals surface area contributed by atoms with Crippen LogP contribution in [0, 0.1) is 5.92 Å². The summed E-state index contributed by atoms with van der Waals surface area (Å²) in [5.41, 5.74) is 0.801. The number of para-hydroxylation sites is 1. The van der Waals surface area contributed by atoms with Crippen molar-refractivity contribution in [3.8, 4) is 11.5 Å². The first-order valence-corrected chi connectivity index (χ1v) is 7.05. The van der Waals surface area contributed by atoms with Crippen molar-refractivity contribution in [2.45, 2.75) is 18.9 Å². The maximum atomic E-state index is 11.2. The Labute approximate surface area is 123 Å². The summed E-state index contributed by atoms with van der Waals surface area (Å²) in [7, 11) is 0. The molecular weight excluding hydrogens is 266 g/mol. The van der Waals surface area contributed by atoms with E-state index in [1.807, 2.05) is 54.6 Å². The molecule has 1 saturated carbocycles. The largest absolute Gasteiger partial charge is 0.480 e. The fraction of sp³-hybridized carbons (Fsp3) is 0.235. The lowest BCUT2D eigenvalue weighted by Crippen LogP contribution is -2.31. The Hall–Kier alpha value is -2.49. The van der Waals surface area contributed by atoms with Crippen molar-refractivity contribution >= 4 is 11.7 Å². The highest BCUT2D eigenvalue weighted by Gasteiger charge is 2.36. The minimum atomic E-state index is -0.790. The fourth-order valence-corrected chi connectivity index (χ4v) is 2.23. The minimum absolute atomic E-state index is 0.253. The summed E-state index contributed by atoms with van der Waals surface area (Å²) >= 11 is 0. The number of hydrogen-bond acceptors (Lipinski definition) is 3. The standard InChI is InChI=1S/C17H17NO3/c19-17(20)16(12-6-7-12)18-13-8-10-15(11-9-13)21-14-4-2-1-3-5-14/h1-5,8-12,16,18H,6-7H2,(H,19,20). The van der Waals surface area contributed by atoms with Crippen LogP contribution in [-0.4, -0.2) is 17.1 Å². The lowest BCUT2D eigenvalue weighted by molar-refractivity contribution is -0.138. The molecule has 1 aliphatic rings. The van der Waals surface area contributed by atoms with E-state index in [4.69, 9.17) is 4.74 Å². The average molecular weight is 283 g/mol. The van der Waals surface area contributed by atoms with Gasteiger partial charge in [0, 0.05) is 5.69 Å². The molecule has 0 radical (unpaired) electrons. The highest BCUT2D eigenvalue weighted by molar-refractivity contribution is 5.78. The molecule has 21 heavy (non-hydrogen) atoms. The molecule has 0 heterocycles. The van der Waals surface area contributed by atoms with Crippen molar-refractivity contribution in [2.75, 3.05) is 5.32 Å². The Morgan fingerprint density at radius 2 is 1.67 bits per heavy atom. The van der Waals surface area contributed by atoms with Crippen LogP contribution in [0.4, 0.5) is 5.69 Å². The van der Waals surface area contributed by atoms with Gasteiger partial charge in [-0.15, -0.1) is 0 Å². The van der Waals surface area contributed by atoms with Crippen LogP contribution in [-0.2, 0) is 4.79 Å². The van der Waals surface area contributed by atoms with Crippen molar-refractivity contribution in [3.05, 3.63) is 54.6 Å². The molecule has 0 bridgehead atoms. The Morgan fingerprint density at radius 1 is 1.05 bits per heavy atom. The van der Waals surface area contributed by atoms with Crippen molar-refractivity contribution in [3.63, 3.8) is 0 Å². The Bertz CT molecular complexity index is 606. The van der Waals surface area contributed by atoms with Gasteiger partial charge in [0.1, 0.15) is 17.5 Å². The zero-order valence-electron chi connectivity index (χ0n) is 11.5. The summed E-state index contributed by atoms with van der Waals surface area (Å²) in [5, 5.41) is 12.3. The molecular formula is C17H17NO3. The molecule has 4 nitrogen and oxygen atoms in total. The number of benzene rings is 2. The second-order valence-corrected chi connectivity index (χ2v) is 5.24. The number of carboxylic acids is 1. The third-order valence-corrected chi connectivity index (χ3v) is 3.51. The zero-order chi connectivity index (χ0) is 14.7. The summed E-state index contributed by atoms with van der Waals surface area (Å²) in [6.45, 7) is 0. The summed E-state index contributed by atoms with van der Waals surface area (Å²) in [4.78, 5) is 11.2. The third-order valence-electron chi connectivity index (χ3n) is 3.51. The molecule has 1 atom stereocenters. The van der Waals surface area contributed by atoms with E-state index in [1.54, 1.807) is 0 Å². The minimum Gasteiger partial charge on any atom is -0.480 e. The van der Waals surface area contributed by atoms with Crippen LogP contribution < -0.4 is 10.1 Å². The number of carboxylic acid groups (broad SMARTS) is 1. The smallest absolute Gasteiger partial charge is 0.326 e. The first kappa shape index (κ1) is 13.5. The second-order valence-electron chi connectivity index (χ2n) is 5.24. The molecule has 108 valence electrons. The fourth-order valence-electron chi connectivity index (χ4n) is 2.23. The van der Waals surface area contributed by atoms with Crippen LogP contribution in [0.2, 0.25) is 0 Å². The lowest BCUT2D eigenvalue weighted by Gasteiger charge is -2.15. The van der Waals surface area contributed by atoms with E-state index in [9.17, 15) is 9.90 Å². The van der Waals surface area contributed by atoms with Gasteiger partial charge < -0.3 is 15.2 Å². The van der Waals surface area contributed by atoms with Crippen LogP contribution in [0.3, 0.4) is 0 Å². The maximum Gasteiger partial charge on any atom is 0.326 e. The van der Waals surface area contributed by atoms with Gasteiger partial charge in [-0.25, -0.2) is 4.79 Å². The molecule has 0 aliphatic heterocycles. The van der Waals surface area contributed by atoms with Gasteiger partial charge in [-0.2, -0.15) is 0 Å². The van der Waals surface area contributed by atoms with Crippen LogP contribution in [0.5, 0.6) is 11.5 Å². The van der Waals surface area contributed by atoms with E-state index in [-0.39, 0.29) is 5.92 Å². The Kier molecular flexibility index (Phi) is 3.77. The van der Waals surface area contributed by atoms with Crippen LogP contribution in [0.1, 0.15) is 12.8 Å². The average Bonchev–Trinajstić information content (AvgIpc) is 3.32. The van der Waals surface area contributed by atoms with Crippen molar-refractivity contribution in [1.29, 1.82) is 0 Å². The summed E-state index contributed by atoms with van der Waals surface area (Å²) in [5.74, 6) is 0.967. The van der Waals surface area contributed by atoms with E-state index in [1.165, 1.54) is 0 Å². The quantitative estimate of drug-likeness (QED) is 0.847. The Morgan fingerprint density at radius 3 is 2.24 bits per heavy atom. The third kappa shape index (κ3) is 3.54. The number of carbonyl (C=O) groups is 1. The molecule has 2 N–H and O–H groups in total. The van der Waals surface area contributed by atoms with Gasteiger partial charge in [0.05, 0.1) is 0 Å². The highest BCUT2D eigenvalue weighted by Crippen LogP contribution is 2.34. The number of ether oxygens (including phenoxy) is 1. The van der Waals surface area contributed by atoms with E-state index in [0.717, 1.165) is 30.0 Å². The molecule has 4 heteroatoms. The van der Waals surface area contributed by atoms with E-state index in [0.29, 0.717) is 0 Å². The normalized spacial score (nSPS) is 15.2.